The van der Waals surface area contributed by atoms with Crippen molar-refractivity contribution in [2.24, 2.45) is 4.99 Å². The minimum Gasteiger partial charge on any atom is -0.495 e. The summed E-state index contributed by atoms with van der Waals surface area (Å²) in [7, 11) is 4.50. The number of hydrogen-bond donors (Lipinski definition) is 1. The predicted molar refractivity (Wildman–Crippen MR) is 115 cm³/mol. The Kier molecular flexibility index (Phi) is 6.84. The number of carbonyl (C=O) groups excluding carboxylic acids is 2. The van der Waals surface area contributed by atoms with Crippen LogP contribution in [0.4, 0.5) is 15.8 Å². The van der Waals surface area contributed by atoms with Crippen LogP contribution in [-0.2, 0) is 9.59 Å². The highest BCUT2D eigenvalue weighted by molar-refractivity contribution is 8.15. The summed E-state index contributed by atoms with van der Waals surface area (Å²) in [6, 6.07) is 8.70. The molecule has 158 valence electrons. The second-order valence-electron chi connectivity index (χ2n) is 6.31. The van der Waals surface area contributed by atoms with E-state index in [2.05, 4.69) is 10.3 Å². The molecule has 1 aliphatic rings. The zero-order valence-corrected chi connectivity index (χ0v) is 18.0. The van der Waals surface area contributed by atoms with Crippen molar-refractivity contribution in [1.82, 2.24) is 4.90 Å². The van der Waals surface area contributed by atoms with Crippen LogP contribution in [0.2, 0.25) is 5.02 Å². The summed E-state index contributed by atoms with van der Waals surface area (Å²) in [5.41, 5.74) is 0.898. The maximum absolute atomic E-state index is 13.1. The van der Waals surface area contributed by atoms with Crippen LogP contribution in [-0.4, -0.2) is 48.4 Å². The first-order chi connectivity index (χ1) is 14.3. The smallest absolute Gasteiger partial charge is 0.242 e. The SMILES string of the molecule is COc1cc(NC(=O)C[C@H]2SC(=Nc3ccc(F)cc3)N(C)C2=O)c(OC)cc1Cl. The van der Waals surface area contributed by atoms with Gasteiger partial charge in [-0.3, -0.25) is 14.5 Å². The molecule has 30 heavy (non-hydrogen) atoms. The monoisotopic (exact) mass is 451 g/mol. The summed E-state index contributed by atoms with van der Waals surface area (Å²) in [5.74, 6) is -0.231. The molecular weight excluding hydrogens is 433 g/mol. The third kappa shape index (κ3) is 4.85. The number of aliphatic imine (C=N–C) groups is 1. The molecular formula is C20H19ClFN3O4S. The summed E-state index contributed by atoms with van der Waals surface area (Å²) in [6.07, 6.45) is -0.0651. The van der Waals surface area contributed by atoms with E-state index in [1.54, 1.807) is 13.1 Å². The normalized spacial score (nSPS) is 17.4. The lowest BCUT2D eigenvalue weighted by Gasteiger charge is -2.14. The predicted octanol–water partition coefficient (Wildman–Crippen LogP) is 4.09. The molecule has 0 spiro atoms. The Balaban J connectivity index is 1.71. The number of methoxy groups -OCH3 is 2. The summed E-state index contributed by atoms with van der Waals surface area (Å²) in [4.78, 5) is 30.9. The molecule has 1 atom stereocenters. The van der Waals surface area contributed by atoms with E-state index in [1.165, 1.54) is 61.2 Å². The molecule has 0 aliphatic carbocycles. The third-order valence-corrected chi connectivity index (χ3v) is 5.83. The van der Waals surface area contributed by atoms with Crippen molar-refractivity contribution in [3.05, 3.63) is 47.2 Å². The number of thioether (sulfide) groups is 1. The molecule has 0 radical (unpaired) electrons. The van der Waals surface area contributed by atoms with Crippen LogP contribution in [0.15, 0.2) is 41.4 Å². The number of anilines is 1. The molecule has 2 amide bonds. The summed E-state index contributed by atoms with van der Waals surface area (Å²) < 4.78 is 23.5. The molecule has 1 heterocycles. The fourth-order valence-corrected chi connectivity index (χ4v) is 4.14. The number of amidine groups is 1. The number of amides is 2. The van der Waals surface area contributed by atoms with Crippen molar-refractivity contribution in [3.63, 3.8) is 0 Å². The van der Waals surface area contributed by atoms with E-state index < -0.39 is 5.25 Å². The minimum atomic E-state index is -0.630. The fraction of sp³-hybridized carbons (Fsp3) is 0.250. The average molecular weight is 452 g/mol. The van der Waals surface area contributed by atoms with Crippen LogP contribution in [0.1, 0.15) is 6.42 Å². The van der Waals surface area contributed by atoms with Gasteiger partial charge in [0.25, 0.3) is 0 Å². The van der Waals surface area contributed by atoms with Gasteiger partial charge in [0.1, 0.15) is 22.6 Å². The van der Waals surface area contributed by atoms with Crippen LogP contribution in [0.25, 0.3) is 0 Å². The van der Waals surface area contributed by atoms with Crippen LogP contribution in [0, 0.1) is 5.82 Å². The van der Waals surface area contributed by atoms with Gasteiger partial charge in [0, 0.05) is 25.6 Å². The van der Waals surface area contributed by atoms with Gasteiger partial charge in [-0.05, 0) is 24.3 Å². The minimum absolute atomic E-state index is 0.0651. The molecule has 1 fully saturated rings. The molecule has 7 nitrogen and oxygen atoms in total. The van der Waals surface area contributed by atoms with Gasteiger partial charge in [-0.25, -0.2) is 9.38 Å². The van der Waals surface area contributed by atoms with Crippen molar-refractivity contribution in [1.29, 1.82) is 0 Å². The Morgan fingerprint density at radius 2 is 1.90 bits per heavy atom. The van der Waals surface area contributed by atoms with Crippen molar-refractivity contribution in [2.75, 3.05) is 26.6 Å². The van der Waals surface area contributed by atoms with E-state index in [1.807, 2.05) is 0 Å². The Morgan fingerprint density at radius 1 is 1.23 bits per heavy atom. The number of rotatable bonds is 6. The van der Waals surface area contributed by atoms with Crippen LogP contribution >= 0.6 is 23.4 Å². The summed E-state index contributed by atoms with van der Waals surface area (Å²) in [6.45, 7) is 0. The van der Waals surface area contributed by atoms with Crippen LogP contribution in [0.3, 0.4) is 0 Å². The highest BCUT2D eigenvalue weighted by Crippen LogP contribution is 2.36. The van der Waals surface area contributed by atoms with Gasteiger partial charge in [-0.1, -0.05) is 23.4 Å². The zero-order chi connectivity index (χ0) is 21.8. The largest absolute Gasteiger partial charge is 0.495 e. The summed E-state index contributed by atoms with van der Waals surface area (Å²) >= 11 is 7.26. The fourth-order valence-electron chi connectivity index (χ4n) is 2.75. The Hall–Kier alpha value is -2.78. The number of hydrogen-bond acceptors (Lipinski definition) is 6. The van der Waals surface area contributed by atoms with Gasteiger partial charge in [0.2, 0.25) is 11.8 Å². The molecule has 2 aromatic rings. The Morgan fingerprint density at radius 3 is 2.53 bits per heavy atom. The van der Waals surface area contributed by atoms with E-state index in [4.69, 9.17) is 21.1 Å². The van der Waals surface area contributed by atoms with E-state index >= 15 is 0 Å². The molecule has 0 unspecified atom stereocenters. The first kappa shape index (κ1) is 21.9. The Bertz CT molecular complexity index is 1000. The topological polar surface area (TPSA) is 80.2 Å². The molecule has 1 saturated heterocycles. The molecule has 0 saturated carbocycles. The van der Waals surface area contributed by atoms with Gasteiger partial charge in [-0.2, -0.15) is 0 Å². The number of nitrogens with one attached hydrogen (secondary N) is 1. The van der Waals surface area contributed by atoms with Gasteiger partial charge < -0.3 is 14.8 Å². The average Bonchev–Trinajstić information content (AvgIpc) is 2.98. The van der Waals surface area contributed by atoms with Crippen LogP contribution in [0.5, 0.6) is 11.5 Å². The van der Waals surface area contributed by atoms with Gasteiger partial charge >= 0.3 is 0 Å². The lowest BCUT2D eigenvalue weighted by Crippen LogP contribution is -2.30. The quantitative estimate of drug-likeness (QED) is 0.715. The standard InChI is InChI=1S/C20H19ClFN3O4S/c1-25-19(27)17(30-20(25)23-12-6-4-11(22)5-7-12)10-18(26)24-14-9-15(28-2)13(21)8-16(14)29-3/h4-9,17H,10H2,1-3H3,(H,24,26)/t17-/m1/s1. The van der Waals surface area contributed by atoms with Gasteiger partial charge in [-0.15, -0.1) is 0 Å². The number of nitrogens with zero attached hydrogens (tertiary/aromatic N) is 2. The maximum atomic E-state index is 13.1. The van der Waals surface area contributed by atoms with Gasteiger partial charge in [0.15, 0.2) is 5.17 Å². The first-order valence-corrected chi connectivity index (χ1v) is 10.1. The van der Waals surface area contributed by atoms with Gasteiger partial charge in [0.05, 0.1) is 30.6 Å². The lowest BCUT2D eigenvalue weighted by atomic mass is 10.2. The molecule has 1 N–H and O–H groups in total. The van der Waals surface area contributed by atoms with Crippen molar-refractivity contribution in [2.45, 2.75) is 11.7 Å². The highest BCUT2D eigenvalue weighted by Gasteiger charge is 2.37. The molecule has 3 rings (SSSR count). The zero-order valence-electron chi connectivity index (χ0n) is 16.4. The number of benzene rings is 2. The second-order valence-corrected chi connectivity index (χ2v) is 7.89. The number of ether oxygens (including phenoxy) is 2. The molecule has 0 aromatic heterocycles. The first-order valence-electron chi connectivity index (χ1n) is 8.82. The van der Waals surface area contributed by atoms with E-state index in [0.29, 0.717) is 33.1 Å². The highest BCUT2D eigenvalue weighted by atomic mass is 35.5. The van der Waals surface area contributed by atoms with Crippen molar-refractivity contribution < 1.29 is 23.5 Å². The number of halogens is 2. The second kappa shape index (κ2) is 9.36. The molecule has 2 aromatic carbocycles. The van der Waals surface area contributed by atoms with E-state index in [9.17, 15) is 14.0 Å². The van der Waals surface area contributed by atoms with E-state index in [-0.39, 0.29) is 24.1 Å². The molecule has 0 bridgehead atoms. The maximum Gasteiger partial charge on any atom is 0.242 e. The Labute approximate surface area is 182 Å². The third-order valence-electron chi connectivity index (χ3n) is 4.31. The van der Waals surface area contributed by atoms with Crippen molar-refractivity contribution in [3.8, 4) is 11.5 Å². The lowest BCUT2D eigenvalue weighted by molar-refractivity contribution is -0.127. The van der Waals surface area contributed by atoms with Crippen molar-refractivity contribution >= 4 is 51.7 Å². The molecule has 10 heteroatoms. The van der Waals surface area contributed by atoms with Crippen LogP contribution < -0.4 is 14.8 Å². The molecule has 1 aliphatic heterocycles. The van der Waals surface area contributed by atoms with E-state index in [0.717, 1.165) is 0 Å². The summed E-state index contributed by atoms with van der Waals surface area (Å²) in [5, 5.41) is 2.88. The number of carbonyl (C=O) groups is 2.